The third-order valence-corrected chi connectivity index (χ3v) is 5.63. The van der Waals surface area contributed by atoms with E-state index in [0.717, 1.165) is 15.8 Å². The van der Waals surface area contributed by atoms with Crippen LogP contribution in [0.3, 0.4) is 0 Å². The molecule has 0 radical (unpaired) electrons. The second-order valence-corrected chi connectivity index (χ2v) is 7.28. The van der Waals surface area contributed by atoms with E-state index in [9.17, 15) is 9.59 Å². The maximum atomic E-state index is 12.0. The van der Waals surface area contributed by atoms with Gasteiger partial charge in [0, 0.05) is 5.75 Å². The quantitative estimate of drug-likeness (QED) is 0.896. The number of fused-ring (bicyclic) bond motifs is 1. The van der Waals surface area contributed by atoms with Crippen LogP contribution in [0.5, 0.6) is 0 Å². The highest BCUT2D eigenvalue weighted by molar-refractivity contribution is 8.39. The maximum absolute atomic E-state index is 12.0. The summed E-state index contributed by atoms with van der Waals surface area (Å²) in [7, 11) is 0. The number of benzene rings is 1. The molecule has 21 heavy (non-hydrogen) atoms. The third kappa shape index (κ3) is 4.25. The van der Waals surface area contributed by atoms with Crippen LogP contribution in [0.2, 0.25) is 0 Å². The first-order valence-electron chi connectivity index (χ1n) is 6.53. The molecule has 0 aromatic heterocycles. The Balaban J connectivity index is 2.13. The van der Waals surface area contributed by atoms with Gasteiger partial charge in [0.2, 0.25) is 5.91 Å². The first-order chi connectivity index (χ1) is 9.97. The van der Waals surface area contributed by atoms with Gasteiger partial charge in [0.1, 0.15) is 4.38 Å². The summed E-state index contributed by atoms with van der Waals surface area (Å²) in [5.41, 5.74) is 7.14. The van der Waals surface area contributed by atoms with Crippen LogP contribution in [0.15, 0.2) is 29.3 Å². The number of urea groups is 1. The van der Waals surface area contributed by atoms with E-state index >= 15 is 0 Å². The Hall–Kier alpha value is -1.47. The number of hydrogen-bond donors (Lipinski definition) is 2. The molecular weight excluding hydrogens is 306 g/mol. The maximum Gasteiger partial charge on any atom is 0.318 e. The molecule has 112 valence electrons. The number of aliphatic imine (C=N–C) groups is 1. The predicted molar refractivity (Wildman–Crippen MR) is 88.8 cm³/mol. The zero-order valence-electron chi connectivity index (χ0n) is 11.8. The molecule has 7 heteroatoms. The highest BCUT2D eigenvalue weighted by Gasteiger charge is 2.27. The van der Waals surface area contributed by atoms with Crippen molar-refractivity contribution in [1.82, 2.24) is 5.32 Å². The topological polar surface area (TPSA) is 84.6 Å². The largest absolute Gasteiger partial charge is 0.351 e. The molecule has 1 aliphatic rings. The number of imide groups is 1. The van der Waals surface area contributed by atoms with Gasteiger partial charge in [-0.2, -0.15) is 0 Å². The zero-order valence-corrected chi connectivity index (χ0v) is 13.5. The Bertz CT molecular complexity index is 587. The Labute approximate surface area is 132 Å². The summed E-state index contributed by atoms with van der Waals surface area (Å²) in [4.78, 5) is 27.4. The van der Waals surface area contributed by atoms with Crippen molar-refractivity contribution in [3.63, 3.8) is 0 Å². The molecular formula is C14H17N3O2S2. The molecule has 1 aliphatic heterocycles. The van der Waals surface area contributed by atoms with Crippen molar-refractivity contribution < 1.29 is 9.59 Å². The lowest BCUT2D eigenvalue weighted by Crippen LogP contribution is -2.42. The molecule has 0 saturated carbocycles. The second-order valence-electron chi connectivity index (χ2n) is 4.93. The molecule has 0 spiro atoms. The van der Waals surface area contributed by atoms with Gasteiger partial charge in [0.25, 0.3) is 0 Å². The molecule has 3 amide bonds. The van der Waals surface area contributed by atoms with Crippen molar-refractivity contribution in [1.29, 1.82) is 0 Å². The normalized spacial score (nSPS) is 15.1. The first kappa shape index (κ1) is 15.9. The van der Waals surface area contributed by atoms with Crippen molar-refractivity contribution in [3.05, 3.63) is 29.8 Å². The van der Waals surface area contributed by atoms with Gasteiger partial charge in [0.15, 0.2) is 0 Å². The molecule has 0 aliphatic carbocycles. The minimum atomic E-state index is -0.824. The molecule has 2 rings (SSSR count). The van der Waals surface area contributed by atoms with E-state index in [1.54, 1.807) is 11.8 Å². The van der Waals surface area contributed by atoms with Crippen LogP contribution in [0.4, 0.5) is 10.5 Å². The smallest absolute Gasteiger partial charge is 0.318 e. The Morgan fingerprint density at radius 3 is 2.76 bits per heavy atom. The van der Waals surface area contributed by atoms with E-state index in [2.05, 4.69) is 10.3 Å². The van der Waals surface area contributed by atoms with Crippen LogP contribution < -0.4 is 11.1 Å². The van der Waals surface area contributed by atoms with E-state index in [-0.39, 0.29) is 11.8 Å². The minimum absolute atomic E-state index is 0.0646. The number of thioether (sulfide) groups is 2. The van der Waals surface area contributed by atoms with Gasteiger partial charge in [-0.3, -0.25) is 10.1 Å². The number of carbonyl (C=O) groups is 2. The van der Waals surface area contributed by atoms with Crippen LogP contribution in [-0.4, -0.2) is 21.6 Å². The standard InChI is InChI=1S/C14H17N3O2S2/c1-8(2)11(12(18)17-13(15)19)21-14-16-10-6-4-3-5-9(10)7-20-14/h3-6,8,11H,7H2,1-2H3,(H3,15,17,18,19)/t11-/m0/s1. The first-order valence-corrected chi connectivity index (χ1v) is 8.40. The molecule has 1 atom stereocenters. The predicted octanol–water partition coefficient (Wildman–Crippen LogP) is 2.87. The van der Waals surface area contributed by atoms with Gasteiger partial charge in [-0.1, -0.05) is 55.6 Å². The number of rotatable bonds is 3. The summed E-state index contributed by atoms with van der Waals surface area (Å²) in [6.07, 6.45) is 0. The number of nitrogens with two attached hydrogens (primary N) is 1. The molecule has 1 aromatic rings. The van der Waals surface area contributed by atoms with E-state index in [1.165, 1.54) is 17.3 Å². The van der Waals surface area contributed by atoms with Gasteiger partial charge in [0.05, 0.1) is 10.9 Å². The molecule has 3 N–H and O–H groups in total. The van der Waals surface area contributed by atoms with E-state index in [1.807, 2.05) is 38.1 Å². The third-order valence-electron chi connectivity index (χ3n) is 2.89. The second kappa shape index (κ2) is 7.00. The van der Waals surface area contributed by atoms with Gasteiger partial charge >= 0.3 is 6.03 Å². The summed E-state index contributed by atoms with van der Waals surface area (Å²) in [5.74, 6) is 0.532. The average Bonchev–Trinajstić information content (AvgIpc) is 2.43. The lowest BCUT2D eigenvalue weighted by Gasteiger charge is -2.21. The fraction of sp³-hybridized carbons (Fsp3) is 0.357. The fourth-order valence-electron chi connectivity index (χ4n) is 1.87. The average molecular weight is 323 g/mol. The lowest BCUT2D eigenvalue weighted by atomic mass is 10.1. The van der Waals surface area contributed by atoms with Gasteiger partial charge < -0.3 is 5.73 Å². The Morgan fingerprint density at radius 2 is 2.10 bits per heavy atom. The van der Waals surface area contributed by atoms with E-state index < -0.39 is 11.3 Å². The summed E-state index contributed by atoms with van der Waals surface area (Å²) < 4.78 is 0.840. The van der Waals surface area contributed by atoms with Crippen molar-refractivity contribution >= 4 is 45.5 Å². The van der Waals surface area contributed by atoms with Crippen LogP contribution in [-0.2, 0) is 10.5 Å². The monoisotopic (exact) mass is 323 g/mol. The number of amides is 3. The van der Waals surface area contributed by atoms with E-state index in [4.69, 9.17) is 5.73 Å². The molecule has 1 aromatic carbocycles. The number of nitrogens with one attached hydrogen (secondary N) is 1. The van der Waals surface area contributed by atoms with Crippen molar-refractivity contribution in [2.75, 3.05) is 0 Å². The number of primary amides is 1. The Kier molecular flexibility index (Phi) is 5.30. The van der Waals surface area contributed by atoms with Crippen molar-refractivity contribution in [2.45, 2.75) is 24.9 Å². The fourth-order valence-corrected chi connectivity index (χ4v) is 4.12. The van der Waals surface area contributed by atoms with Crippen LogP contribution in [0.25, 0.3) is 0 Å². The lowest BCUT2D eigenvalue weighted by molar-refractivity contribution is -0.120. The zero-order chi connectivity index (χ0) is 15.4. The van der Waals surface area contributed by atoms with Crippen molar-refractivity contribution in [2.24, 2.45) is 16.6 Å². The summed E-state index contributed by atoms with van der Waals surface area (Å²) in [5, 5.41) is 1.75. The van der Waals surface area contributed by atoms with Crippen LogP contribution in [0.1, 0.15) is 19.4 Å². The number of carbonyl (C=O) groups excluding carboxylic acids is 2. The molecule has 0 unspecified atom stereocenters. The van der Waals surface area contributed by atoms with Gasteiger partial charge in [-0.25, -0.2) is 9.79 Å². The minimum Gasteiger partial charge on any atom is -0.351 e. The molecule has 5 nitrogen and oxygen atoms in total. The van der Waals surface area contributed by atoms with Crippen LogP contribution >= 0.6 is 23.5 Å². The summed E-state index contributed by atoms with van der Waals surface area (Å²) >= 11 is 2.99. The summed E-state index contributed by atoms with van der Waals surface area (Å²) in [6.45, 7) is 3.86. The Morgan fingerprint density at radius 1 is 1.38 bits per heavy atom. The number of hydrogen-bond acceptors (Lipinski definition) is 5. The van der Waals surface area contributed by atoms with Crippen LogP contribution in [0, 0.1) is 5.92 Å². The van der Waals surface area contributed by atoms with Gasteiger partial charge in [-0.05, 0) is 17.5 Å². The van der Waals surface area contributed by atoms with Crippen molar-refractivity contribution in [3.8, 4) is 0 Å². The molecule has 1 heterocycles. The molecule has 0 bridgehead atoms. The highest BCUT2D eigenvalue weighted by atomic mass is 32.2. The summed E-state index contributed by atoms with van der Waals surface area (Å²) in [6, 6.07) is 7.12. The SMILES string of the molecule is CC(C)[C@H](SC1=Nc2ccccc2CS1)C(=O)NC(N)=O. The molecule has 0 fully saturated rings. The van der Waals surface area contributed by atoms with E-state index in [0.29, 0.717) is 0 Å². The van der Waals surface area contributed by atoms with Gasteiger partial charge in [-0.15, -0.1) is 0 Å². The molecule has 0 saturated heterocycles. The number of para-hydroxylation sites is 1. The number of nitrogens with zero attached hydrogens (tertiary/aromatic N) is 1. The highest BCUT2D eigenvalue weighted by Crippen LogP contribution is 2.37.